The number of aliphatic hydroxyl groups excluding tert-OH is 28. The summed E-state index contributed by atoms with van der Waals surface area (Å²) >= 11 is 0. The predicted molar refractivity (Wildman–Crippen MR) is 363 cm³/mol. The third-order valence-corrected chi connectivity index (χ3v) is 22.0. The number of hydrogen-bond acceptors (Lipinski definition) is 50. The van der Waals surface area contributed by atoms with Crippen molar-refractivity contribution in [2.75, 3.05) is 59.5 Å². The summed E-state index contributed by atoms with van der Waals surface area (Å²) in [6, 6.07) is -5.81. The molecule has 31 N–H and O–H groups in total. The molecule has 10 saturated heterocycles. The maximum atomic E-state index is 13.2. The van der Waals surface area contributed by atoms with Crippen LogP contribution in [0.4, 0.5) is 0 Å². The number of rotatable bonds is 30. The molecule has 10 heterocycles. The Morgan fingerprint density at radius 3 is 0.950 bits per heavy atom. The first-order valence-corrected chi connectivity index (χ1v) is 38.0. The molecule has 0 aromatic heterocycles. The molecule has 53 nitrogen and oxygen atoms in total. The lowest BCUT2D eigenvalue weighted by Gasteiger charge is -2.51. The quantitative estimate of drug-likeness (QED) is 0.0318. The number of ether oxygens (including phenoxy) is 19. The Bertz CT molecular complexity index is 3150. The van der Waals surface area contributed by atoms with Crippen molar-refractivity contribution in [1.29, 1.82) is 0 Å². The number of carbonyl (C=O) groups excluding carboxylic acids is 3. The number of hydrogen-bond donors (Lipinski definition) is 31. The summed E-state index contributed by atoms with van der Waals surface area (Å²) in [6.45, 7) is -5.57. The van der Waals surface area contributed by atoms with E-state index < -0.39 is 384 Å². The van der Waals surface area contributed by atoms with Gasteiger partial charge in [-0.05, 0) is 6.92 Å². The van der Waals surface area contributed by atoms with Gasteiger partial charge < -0.3 is 249 Å². The zero-order valence-corrected chi connectivity index (χ0v) is 63.7. The van der Waals surface area contributed by atoms with Crippen molar-refractivity contribution in [2.45, 2.75) is 335 Å². The van der Waals surface area contributed by atoms with Crippen molar-refractivity contribution >= 4 is 17.7 Å². The largest absolute Gasteiger partial charge is 0.394 e. The molecule has 10 fully saturated rings. The van der Waals surface area contributed by atoms with Gasteiger partial charge in [0.2, 0.25) is 17.7 Å². The van der Waals surface area contributed by atoms with Crippen molar-refractivity contribution in [3.63, 3.8) is 0 Å². The Morgan fingerprint density at radius 1 is 0.235 bits per heavy atom. The molecule has 0 unspecified atom stereocenters. The maximum Gasteiger partial charge on any atom is 0.217 e. The third-order valence-electron chi connectivity index (χ3n) is 22.0. The fraction of sp³-hybridized carbons (Fsp3) is 0.955. The minimum atomic E-state index is -2.64. The Labute approximate surface area is 673 Å². The second kappa shape index (κ2) is 42.4. The van der Waals surface area contributed by atoms with Gasteiger partial charge in [0, 0.05) is 20.8 Å². The average Bonchev–Trinajstić information content (AvgIpc) is 0.767. The second-order valence-corrected chi connectivity index (χ2v) is 30.3. The van der Waals surface area contributed by atoms with Gasteiger partial charge >= 0.3 is 0 Å². The molecule has 10 aliphatic heterocycles. The van der Waals surface area contributed by atoms with Crippen LogP contribution in [0.2, 0.25) is 0 Å². The van der Waals surface area contributed by atoms with Crippen molar-refractivity contribution in [3.05, 3.63) is 0 Å². The highest BCUT2D eigenvalue weighted by molar-refractivity contribution is 5.74. The summed E-state index contributed by atoms with van der Waals surface area (Å²) in [5.74, 6) is -2.85. The van der Waals surface area contributed by atoms with E-state index in [-0.39, 0.29) is 0 Å². The van der Waals surface area contributed by atoms with E-state index in [4.69, 9.17) is 90.0 Å². The minimum Gasteiger partial charge on any atom is -0.394 e. The average molecular weight is 1750 g/mol. The molecule has 0 spiro atoms. The fourth-order valence-electron chi connectivity index (χ4n) is 15.3. The lowest BCUT2D eigenvalue weighted by molar-refractivity contribution is -0.399. The van der Waals surface area contributed by atoms with Gasteiger partial charge in [-0.1, -0.05) is 0 Å². The zero-order valence-electron chi connectivity index (χ0n) is 63.7. The Balaban J connectivity index is 0.987. The molecule has 50 atom stereocenters. The molecule has 119 heavy (non-hydrogen) atoms. The van der Waals surface area contributed by atoms with E-state index in [9.17, 15) is 157 Å². The van der Waals surface area contributed by atoms with E-state index in [0.29, 0.717) is 0 Å². The highest BCUT2D eigenvalue weighted by Crippen LogP contribution is 2.40. The SMILES string of the molecule is CC(=O)N[C@@H]1[C@@H](O[C@@H]2O[C@H](CO)[C@@H](O[C@@H]3O[C@H](CO[C@H]4O[C@H](CO[C@H]5O[C@H](CO)[C@@H](O)[C@H](O)[C@@H]5O)[C@@H](O)[C@H](O)[C@@H]4O[C@H]4O[C@H](CO)[C@@H](O)[C@H](O)[C@@H]4O)[C@@H](O)[C@H](O[C@H]4O[C@H](CO)[C@@H](O)[C@H](O)[C@@H]4O[C@@H]4O[C@H](CO)[C@@H](O[C@@H]5O[C@H](CO)[C@H](O)[C@H](O)[C@H]5O)[C@H](O)[C@H]4NC(C)=O)[C@@H]3O)[C@H](O)[C@H]2NC(C)=O)[C@H](O)[C@@H](CO[C@@H]2O[C@@H](C)[C@@H](O)[C@@H](O)[C@@H]2O)O[C@H]1O. The van der Waals surface area contributed by atoms with Crippen molar-refractivity contribution in [1.82, 2.24) is 16.0 Å². The van der Waals surface area contributed by atoms with Gasteiger partial charge in [-0.25, -0.2) is 0 Å². The van der Waals surface area contributed by atoms with Crippen LogP contribution in [-0.2, 0) is 104 Å². The Kier molecular flexibility index (Phi) is 34.8. The van der Waals surface area contributed by atoms with E-state index >= 15 is 0 Å². The molecule has 53 heteroatoms. The third kappa shape index (κ3) is 21.5. The standard InChI is InChI=1S/C66H111N3O50/c1-14-30(79)40(89)46(95)60(104-14)101-12-25-36(85)53(29(57(100)105-25)69-17(4)78)116-58-27(67-15(2)76)38(87)52(23(10-75)110-58)115-64-50(99)54(117-66-56(44(93)34(83)21(8-73)109-66)118-59-28(68-16(3)77)39(88)51(22(9-74)111-59)114-62-48(97)42(91)32(81)19(6-71)107-62)37(86)26(112-64)13-103-65-55(119-63-49(98)43(92)33(82)20(7-72)108-63)45(94)35(84)24(113-65)11-102-61-47(96)41(90)31(80)18(5-70)106-61/h14,18-66,70-75,79-100H,5-13H2,1-4H3,(H,67,76)(H,68,77)(H,69,78)/t14-,18+,19+,20+,21+,22+,23+,24+,25+,26+,27+,28+,29+,30+,31+,32-,33+,34+,35+,36+,37+,38+,39+,40+,41-,42-,43-,44-,45-,46-,47-,48+,49-,50-,51+,52+,53+,54-,55-,56-,57+,58-,59-,60+,61-,62-,63+,64-,65-,66+/m0/s1. The Hall–Kier alpha value is -3.47. The van der Waals surface area contributed by atoms with Crippen LogP contribution in [-0.4, -0.2) is 527 Å². The van der Waals surface area contributed by atoms with Gasteiger partial charge in [0.05, 0.1) is 65.6 Å². The highest BCUT2D eigenvalue weighted by atomic mass is 16.8. The van der Waals surface area contributed by atoms with Gasteiger partial charge in [0.15, 0.2) is 62.9 Å². The Morgan fingerprint density at radius 2 is 0.513 bits per heavy atom. The molecule has 0 aliphatic carbocycles. The first-order valence-electron chi connectivity index (χ1n) is 38.0. The summed E-state index contributed by atoms with van der Waals surface area (Å²) in [6.07, 6.45) is -97.7. The topological polar surface area (TPSA) is 829 Å². The number of amides is 3. The van der Waals surface area contributed by atoms with Crippen molar-refractivity contribution in [3.8, 4) is 0 Å². The molecule has 0 bridgehead atoms. The van der Waals surface area contributed by atoms with E-state index in [1.165, 1.54) is 6.92 Å². The fourth-order valence-corrected chi connectivity index (χ4v) is 15.3. The number of carbonyl (C=O) groups is 3. The molecule has 3 amide bonds. The second-order valence-electron chi connectivity index (χ2n) is 30.3. The van der Waals surface area contributed by atoms with Crippen molar-refractivity contribution < 1.29 is 247 Å². The minimum absolute atomic E-state index is 0.820. The summed E-state index contributed by atoms with van der Waals surface area (Å²) in [4.78, 5) is 38.9. The summed E-state index contributed by atoms with van der Waals surface area (Å²) < 4.78 is 112. The van der Waals surface area contributed by atoms with Crippen LogP contribution in [0.1, 0.15) is 27.7 Å². The molecule has 0 aromatic carbocycles. The maximum absolute atomic E-state index is 13.2. The molecule has 690 valence electrons. The van der Waals surface area contributed by atoms with E-state index in [1.807, 2.05) is 0 Å². The monoisotopic (exact) mass is 1750 g/mol. The van der Waals surface area contributed by atoms with Crippen LogP contribution >= 0.6 is 0 Å². The van der Waals surface area contributed by atoms with Crippen LogP contribution in [0.5, 0.6) is 0 Å². The van der Waals surface area contributed by atoms with Crippen LogP contribution in [0.15, 0.2) is 0 Å². The smallest absolute Gasteiger partial charge is 0.217 e. The summed E-state index contributed by atoms with van der Waals surface area (Å²) in [7, 11) is 0. The lowest BCUT2D eigenvalue weighted by Crippen LogP contribution is -2.71. The molecule has 0 saturated carbocycles. The molecular formula is C66H111N3O50. The summed E-state index contributed by atoms with van der Waals surface area (Å²) in [5, 5.41) is 318. The first kappa shape index (κ1) is 97.7. The van der Waals surface area contributed by atoms with Gasteiger partial charge in [0.25, 0.3) is 0 Å². The van der Waals surface area contributed by atoms with Crippen LogP contribution in [0, 0.1) is 0 Å². The van der Waals surface area contributed by atoms with Gasteiger partial charge in [-0.15, -0.1) is 0 Å². The molecular weight excluding hydrogens is 1630 g/mol. The van der Waals surface area contributed by atoms with Gasteiger partial charge in [0.1, 0.15) is 238 Å². The van der Waals surface area contributed by atoms with Crippen LogP contribution in [0.3, 0.4) is 0 Å². The molecule has 0 aromatic rings. The highest BCUT2D eigenvalue weighted by Gasteiger charge is 2.61. The normalized spacial score (nSPS) is 50.7. The van der Waals surface area contributed by atoms with Crippen molar-refractivity contribution in [2.24, 2.45) is 0 Å². The molecule has 10 rings (SSSR count). The van der Waals surface area contributed by atoms with E-state index in [1.54, 1.807) is 0 Å². The van der Waals surface area contributed by atoms with Gasteiger partial charge in [-0.3, -0.25) is 14.4 Å². The zero-order chi connectivity index (χ0) is 87.5. The molecule has 10 aliphatic rings. The molecule has 0 radical (unpaired) electrons. The van der Waals surface area contributed by atoms with E-state index in [2.05, 4.69) is 16.0 Å². The van der Waals surface area contributed by atoms with Crippen LogP contribution in [0.25, 0.3) is 0 Å². The number of nitrogens with one attached hydrogen (secondary N) is 3. The lowest BCUT2D eigenvalue weighted by atomic mass is 9.93. The van der Waals surface area contributed by atoms with E-state index in [0.717, 1.165) is 20.8 Å². The summed E-state index contributed by atoms with van der Waals surface area (Å²) in [5.41, 5.74) is 0. The first-order chi connectivity index (χ1) is 56.2. The van der Waals surface area contributed by atoms with Crippen LogP contribution < -0.4 is 16.0 Å². The van der Waals surface area contributed by atoms with Gasteiger partial charge in [-0.2, -0.15) is 0 Å². The predicted octanol–water partition coefficient (Wildman–Crippen LogP) is -21.3. The number of aliphatic hydroxyl groups is 28.